The van der Waals surface area contributed by atoms with E-state index in [0.717, 1.165) is 31.5 Å². The summed E-state index contributed by atoms with van der Waals surface area (Å²) in [6.07, 6.45) is 4.01. The number of hydrogen-bond acceptors (Lipinski definition) is 2. The van der Waals surface area contributed by atoms with E-state index in [9.17, 15) is 9.18 Å². The maximum atomic E-state index is 13.4. The number of halogens is 1. The molecule has 1 aromatic rings. The summed E-state index contributed by atoms with van der Waals surface area (Å²) in [5.41, 5.74) is 1.58. The third-order valence-corrected chi connectivity index (χ3v) is 3.79. The van der Waals surface area contributed by atoms with E-state index in [-0.39, 0.29) is 11.7 Å². The first kappa shape index (κ1) is 15.0. The van der Waals surface area contributed by atoms with Crippen molar-refractivity contribution in [2.45, 2.75) is 39.2 Å². The predicted octanol–water partition coefficient (Wildman–Crippen LogP) is 2.63. The fourth-order valence-electron chi connectivity index (χ4n) is 2.48. The quantitative estimate of drug-likeness (QED) is 0.840. The van der Waals surface area contributed by atoms with Gasteiger partial charge in [0.05, 0.1) is 0 Å². The Hall–Kier alpha value is -1.42. The third kappa shape index (κ3) is 4.30. The number of piperidine rings is 1. The smallest absolute Gasteiger partial charge is 0.223 e. The van der Waals surface area contributed by atoms with E-state index in [4.69, 9.17) is 0 Å². The molecule has 2 rings (SSSR count). The fourth-order valence-corrected chi connectivity index (χ4v) is 2.48. The van der Waals surface area contributed by atoms with E-state index in [1.165, 1.54) is 6.42 Å². The molecule has 1 N–H and O–H groups in total. The van der Waals surface area contributed by atoms with Gasteiger partial charge in [-0.2, -0.15) is 0 Å². The molecule has 0 saturated carbocycles. The molecule has 1 saturated heterocycles. The molecule has 1 amide bonds. The van der Waals surface area contributed by atoms with Crippen LogP contribution in [0.3, 0.4) is 0 Å². The molecule has 0 unspecified atom stereocenters. The van der Waals surface area contributed by atoms with Crippen LogP contribution in [0.15, 0.2) is 18.2 Å². The highest BCUT2D eigenvalue weighted by molar-refractivity contribution is 5.76. The van der Waals surface area contributed by atoms with E-state index in [1.807, 2.05) is 11.0 Å². The van der Waals surface area contributed by atoms with Gasteiger partial charge in [-0.1, -0.05) is 12.1 Å². The van der Waals surface area contributed by atoms with Crippen LogP contribution in [-0.2, 0) is 11.3 Å². The summed E-state index contributed by atoms with van der Waals surface area (Å²) >= 11 is 0. The van der Waals surface area contributed by atoms with Crippen molar-refractivity contribution in [3.63, 3.8) is 0 Å². The number of aryl methyl sites for hydroxylation is 1. The van der Waals surface area contributed by atoms with Crippen LogP contribution in [0.1, 0.15) is 36.8 Å². The molecule has 1 fully saturated rings. The van der Waals surface area contributed by atoms with E-state index in [2.05, 4.69) is 5.32 Å². The van der Waals surface area contributed by atoms with Crippen LogP contribution in [0.4, 0.5) is 4.39 Å². The van der Waals surface area contributed by atoms with E-state index < -0.39 is 0 Å². The average Bonchev–Trinajstić information content (AvgIpc) is 2.48. The molecule has 0 spiro atoms. The molecule has 1 heterocycles. The van der Waals surface area contributed by atoms with Crippen LogP contribution < -0.4 is 5.32 Å². The van der Waals surface area contributed by atoms with Gasteiger partial charge < -0.3 is 10.2 Å². The zero-order valence-electron chi connectivity index (χ0n) is 12.1. The molecule has 0 radical (unpaired) electrons. The molecule has 4 heteroatoms. The second-order valence-electron chi connectivity index (χ2n) is 5.45. The van der Waals surface area contributed by atoms with Gasteiger partial charge in [-0.15, -0.1) is 0 Å². The SMILES string of the molecule is Cc1ccc(CNCCC(=O)N2CCCCC2)cc1F. The number of rotatable bonds is 5. The Balaban J connectivity index is 1.68. The summed E-state index contributed by atoms with van der Waals surface area (Å²) in [6, 6.07) is 5.25. The molecule has 110 valence electrons. The highest BCUT2D eigenvalue weighted by Crippen LogP contribution is 2.10. The van der Waals surface area contributed by atoms with Crippen LogP contribution in [0, 0.1) is 12.7 Å². The second kappa shape index (κ2) is 7.39. The minimum absolute atomic E-state index is 0.173. The van der Waals surface area contributed by atoms with E-state index >= 15 is 0 Å². The first-order chi connectivity index (χ1) is 9.66. The Labute approximate surface area is 120 Å². The van der Waals surface area contributed by atoms with Gasteiger partial charge in [-0.25, -0.2) is 4.39 Å². The number of benzene rings is 1. The van der Waals surface area contributed by atoms with Crippen molar-refractivity contribution in [1.82, 2.24) is 10.2 Å². The van der Waals surface area contributed by atoms with Crippen molar-refractivity contribution in [3.05, 3.63) is 35.1 Å². The summed E-state index contributed by atoms with van der Waals surface area (Å²) < 4.78 is 13.4. The van der Waals surface area contributed by atoms with Gasteiger partial charge in [0.15, 0.2) is 0 Å². The van der Waals surface area contributed by atoms with Crippen LogP contribution in [0.5, 0.6) is 0 Å². The zero-order chi connectivity index (χ0) is 14.4. The molecule has 0 aromatic heterocycles. The summed E-state index contributed by atoms with van der Waals surface area (Å²) in [7, 11) is 0. The average molecular weight is 278 g/mol. The van der Waals surface area contributed by atoms with Crippen molar-refractivity contribution < 1.29 is 9.18 Å². The molecule has 0 atom stereocenters. The van der Waals surface area contributed by atoms with Crippen molar-refractivity contribution in [2.24, 2.45) is 0 Å². The minimum atomic E-state index is -0.173. The predicted molar refractivity (Wildman–Crippen MR) is 77.9 cm³/mol. The Morgan fingerprint density at radius 2 is 2.05 bits per heavy atom. The summed E-state index contributed by atoms with van der Waals surface area (Å²) in [4.78, 5) is 13.9. The molecule has 0 aliphatic carbocycles. The maximum Gasteiger partial charge on any atom is 0.223 e. The Kier molecular flexibility index (Phi) is 5.53. The van der Waals surface area contributed by atoms with E-state index in [0.29, 0.717) is 25.1 Å². The lowest BCUT2D eigenvalue weighted by Crippen LogP contribution is -2.37. The van der Waals surface area contributed by atoms with Crippen molar-refractivity contribution >= 4 is 5.91 Å². The lowest BCUT2D eigenvalue weighted by molar-refractivity contribution is -0.131. The van der Waals surface area contributed by atoms with Gasteiger partial charge >= 0.3 is 0 Å². The highest BCUT2D eigenvalue weighted by atomic mass is 19.1. The Morgan fingerprint density at radius 3 is 2.75 bits per heavy atom. The normalized spacial score (nSPS) is 15.4. The molecule has 1 aliphatic rings. The number of hydrogen-bond donors (Lipinski definition) is 1. The fraction of sp³-hybridized carbons (Fsp3) is 0.562. The van der Waals surface area contributed by atoms with E-state index in [1.54, 1.807) is 19.1 Å². The summed E-state index contributed by atoms with van der Waals surface area (Å²) in [5.74, 6) is 0.0565. The first-order valence-electron chi connectivity index (χ1n) is 7.40. The molecule has 1 aliphatic heterocycles. The number of nitrogens with one attached hydrogen (secondary N) is 1. The summed E-state index contributed by atoms with van der Waals surface area (Å²) in [6.45, 7) is 4.81. The Morgan fingerprint density at radius 1 is 1.30 bits per heavy atom. The van der Waals surface area contributed by atoms with Gasteiger partial charge in [0, 0.05) is 32.6 Å². The summed E-state index contributed by atoms with van der Waals surface area (Å²) in [5, 5.41) is 3.20. The van der Waals surface area contributed by atoms with Crippen molar-refractivity contribution in [1.29, 1.82) is 0 Å². The highest BCUT2D eigenvalue weighted by Gasteiger charge is 2.15. The minimum Gasteiger partial charge on any atom is -0.343 e. The van der Waals surface area contributed by atoms with Gasteiger partial charge in [0.25, 0.3) is 0 Å². The molecule has 1 aromatic carbocycles. The van der Waals surface area contributed by atoms with Gasteiger partial charge in [-0.05, 0) is 43.4 Å². The molecular formula is C16H23FN2O. The molecule has 0 bridgehead atoms. The number of amides is 1. The molecular weight excluding hydrogens is 255 g/mol. The number of carbonyl (C=O) groups is 1. The Bertz CT molecular complexity index is 456. The van der Waals surface area contributed by atoms with Gasteiger partial charge in [0.2, 0.25) is 5.91 Å². The largest absolute Gasteiger partial charge is 0.343 e. The van der Waals surface area contributed by atoms with Crippen molar-refractivity contribution in [3.8, 4) is 0 Å². The topological polar surface area (TPSA) is 32.3 Å². The number of carbonyl (C=O) groups excluding carboxylic acids is 1. The number of nitrogens with zero attached hydrogens (tertiary/aromatic N) is 1. The third-order valence-electron chi connectivity index (χ3n) is 3.79. The van der Waals surface area contributed by atoms with Gasteiger partial charge in [-0.3, -0.25) is 4.79 Å². The zero-order valence-corrected chi connectivity index (χ0v) is 12.1. The van der Waals surface area contributed by atoms with Crippen LogP contribution in [0.2, 0.25) is 0 Å². The molecule has 3 nitrogen and oxygen atoms in total. The van der Waals surface area contributed by atoms with Crippen LogP contribution in [-0.4, -0.2) is 30.4 Å². The monoisotopic (exact) mass is 278 g/mol. The first-order valence-corrected chi connectivity index (χ1v) is 7.40. The molecule has 20 heavy (non-hydrogen) atoms. The van der Waals surface area contributed by atoms with Crippen molar-refractivity contribution in [2.75, 3.05) is 19.6 Å². The number of likely N-dealkylation sites (tertiary alicyclic amines) is 1. The second-order valence-corrected chi connectivity index (χ2v) is 5.45. The lowest BCUT2D eigenvalue weighted by atomic mass is 10.1. The van der Waals surface area contributed by atoms with Crippen LogP contribution >= 0.6 is 0 Å². The maximum absolute atomic E-state index is 13.4. The standard InChI is InChI=1S/C16H23FN2O/c1-13-5-6-14(11-15(13)17)12-18-8-7-16(20)19-9-3-2-4-10-19/h5-6,11,18H,2-4,7-10,12H2,1H3. The lowest BCUT2D eigenvalue weighted by Gasteiger charge is -2.26. The van der Waals surface area contributed by atoms with Gasteiger partial charge in [0.1, 0.15) is 5.82 Å². The van der Waals surface area contributed by atoms with Crippen LogP contribution in [0.25, 0.3) is 0 Å².